The number of halogens is 1. The molecule has 3 fully saturated rings. The second-order valence-corrected chi connectivity index (χ2v) is 30.3. The SMILES string of the molecule is Cc1[nH]nc(Nc2ncnc3cc(OCCCN4CCN(c5ncc(CCCN6CCN(C[C@H]7CN(C(=O)OC(C)(C)C)[C@H](C)CN7CC(=O)N7CC(C)(C)c8c7cc(Cc7ccc(F)cc7)c(=O)n8C)[C@H](C)C6=O)cn5)CC4)c(S(=O)(=O)C(C)(C)C)cc23)c1C. The van der Waals surface area contributed by atoms with Crippen LogP contribution in [0, 0.1) is 19.7 Å². The topological polar surface area (TPSA) is 241 Å². The van der Waals surface area contributed by atoms with E-state index in [-0.39, 0.29) is 58.9 Å². The molecule has 2 N–H and O–H groups in total. The molecule has 4 aliphatic rings. The minimum atomic E-state index is -3.83. The molecule has 4 aromatic heterocycles. The molecule has 6 aromatic rings. The number of rotatable bonds is 19. The standard InChI is InChI=1S/C66H90FN15O8S/c1-42-36-80(39-56(83)82-40-66(11,12)57-53(82)31-48(61(85)75(57)13)30-46-17-19-49(67)20-18-46)50(38-81(42)63(86)90-64(5,6)7)37-79-28-27-77(60(84)45(79)4)22-14-16-47-34-68-62(69-35-47)78-25-23-76(24-26-78)21-15-29-89-54-33-52-51(32-55(54)91(87,88)65(8,9)10)59(71-41-70-52)72-58-43(2)44(3)73-74-58/h17-20,31-35,41-42,45,50H,14-16,21-30,36-40H2,1-13H3,(H2,70,71,72,73,74)/t42-,45-,50+/m1/s1. The second-order valence-electron chi connectivity index (χ2n) is 27.6. The number of pyridine rings is 1. The molecule has 2 aromatic carbocycles. The number of nitrogens with zero attached hydrogens (tertiary/aromatic N) is 13. The first kappa shape index (κ1) is 66.3. The smallest absolute Gasteiger partial charge is 0.410 e. The molecule has 0 bridgehead atoms. The van der Waals surface area contributed by atoms with E-state index in [0.29, 0.717) is 105 Å². The van der Waals surface area contributed by atoms with Gasteiger partial charge in [-0.1, -0.05) is 26.0 Å². The first-order valence-electron chi connectivity index (χ1n) is 31.7. The number of aryl methyl sites for hydroxylation is 2. The number of aromatic amines is 1. The molecule has 3 atom stereocenters. The van der Waals surface area contributed by atoms with Crippen molar-refractivity contribution in [1.29, 1.82) is 0 Å². The fourth-order valence-corrected chi connectivity index (χ4v) is 14.1. The number of amides is 3. The van der Waals surface area contributed by atoms with Gasteiger partial charge in [0.25, 0.3) is 5.56 Å². The van der Waals surface area contributed by atoms with Crippen LogP contribution in [0.3, 0.4) is 0 Å². The summed E-state index contributed by atoms with van der Waals surface area (Å²) in [6.45, 7) is 29.8. The number of sulfone groups is 1. The number of H-pyrrole nitrogens is 1. The summed E-state index contributed by atoms with van der Waals surface area (Å²) in [4.78, 5) is 89.3. The Morgan fingerprint density at radius 1 is 0.846 bits per heavy atom. The van der Waals surface area contributed by atoms with Gasteiger partial charge in [-0.2, -0.15) is 5.10 Å². The average Bonchev–Trinajstić information content (AvgIpc) is 1.68. The lowest BCUT2D eigenvalue weighted by molar-refractivity contribution is -0.142. The van der Waals surface area contributed by atoms with E-state index in [0.717, 1.165) is 67.2 Å². The van der Waals surface area contributed by atoms with Crippen LogP contribution < -0.4 is 25.4 Å². The van der Waals surface area contributed by atoms with Crippen molar-refractivity contribution in [3.8, 4) is 5.75 Å². The van der Waals surface area contributed by atoms with Crippen molar-refractivity contribution in [2.45, 2.75) is 148 Å². The molecule has 0 aliphatic carbocycles. The molecule has 10 rings (SSSR count). The highest BCUT2D eigenvalue weighted by Gasteiger charge is 2.45. The molecule has 0 saturated carbocycles. The maximum absolute atomic E-state index is 14.8. The van der Waals surface area contributed by atoms with E-state index < -0.39 is 37.7 Å². The van der Waals surface area contributed by atoms with Gasteiger partial charge in [0.15, 0.2) is 15.7 Å². The highest BCUT2D eigenvalue weighted by atomic mass is 32.2. The van der Waals surface area contributed by atoms with E-state index in [1.165, 1.54) is 18.5 Å². The van der Waals surface area contributed by atoms with Gasteiger partial charge in [0.05, 0.1) is 40.8 Å². The fraction of sp³-hybridized carbons (Fsp3) is 0.561. The van der Waals surface area contributed by atoms with Crippen LogP contribution in [0.2, 0.25) is 0 Å². The van der Waals surface area contributed by atoms with Crippen molar-refractivity contribution in [3.05, 3.63) is 111 Å². The summed E-state index contributed by atoms with van der Waals surface area (Å²) in [5.74, 6) is 1.50. The Balaban J connectivity index is 0.707. The predicted molar refractivity (Wildman–Crippen MR) is 349 cm³/mol. The van der Waals surface area contributed by atoms with E-state index in [2.05, 4.69) is 45.1 Å². The Morgan fingerprint density at radius 2 is 1.56 bits per heavy atom. The van der Waals surface area contributed by atoms with Crippen LogP contribution in [-0.4, -0.2) is 206 Å². The number of hydrogen-bond donors (Lipinski definition) is 2. The molecule has 4 aliphatic heterocycles. The number of hydrogen-bond acceptors (Lipinski definition) is 18. The van der Waals surface area contributed by atoms with Gasteiger partial charge in [-0.3, -0.25) is 34.2 Å². The maximum atomic E-state index is 14.8. The number of ether oxygens (including phenoxy) is 2. The molecular formula is C66H90FN15O8S. The van der Waals surface area contributed by atoms with E-state index in [1.54, 1.807) is 66.5 Å². The van der Waals surface area contributed by atoms with Crippen LogP contribution >= 0.6 is 0 Å². The first-order valence-corrected chi connectivity index (χ1v) is 33.2. The van der Waals surface area contributed by atoms with Crippen molar-refractivity contribution in [3.63, 3.8) is 0 Å². The number of aromatic nitrogens is 7. The van der Waals surface area contributed by atoms with Gasteiger partial charge in [-0.05, 0) is 124 Å². The van der Waals surface area contributed by atoms with Gasteiger partial charge >= 0.3 is 6.09 Å². The number of anilines is 4. The third-order valence-corrected chi connectivity index (χ3v) is 20.7. The summed E-state index contributed by atoms with van der Waals surface area (Å²) in [5, 5.41) is 11.1. The van der Waals surface area contributed by atoms with Crippen molar-refractivity contribution < 1.29 is 36.7 Å². The number of piperazine rings is 3. The third kappa shape index (κ3) is 14.7. The van der Waals surface area contributed by atoms with Crippen molar-refractivity contribution in [1.82, 2.24) is 59.2 Å². The summed E-state index contributed by atoms with van der Waals surface area (Å²) in [5.41, 5.74) is 4.72. The third-order valence-electron chi connectivity index (χ3n) is 18.2. The lowest BCUT2D eigenvalue weighted by Crippen LogP contribution is -2.65. The molecule has 3 saturated heterocycles. The van der Waals surface area contributed by atoms with Crippen LogP contribution in [0.4, 0.5) is 32.5 Å². The first-order chi connectivity index (χ1) is 43.0. The molecule has 0 spiro atoms. The zero-order chi connectivity index (χ0) is 65.5. The van der Waals surface area contributed by atoms with E-state index in [1.807, 2.05) is 85.7 Å². The molecule has 0 unspecified atom stereocenters. The zero-order valence-corrected chi connectivity index (χ0v) is 55.9. The van der Waals surface area contributed by atoms with Crippen LogP contribution in [0.25, 0.3) is 10.9 Å². The van der Waals surface area contributed by atoms with Crippen molar-refractivity contribution in [2.24, 2.45) is 7.05 Å². The number of benzene rings is 2. The number of fused-ring (bicyclic) bond motifs is 2. The lowest BCUT2D eigenvalue weighted by atomic mass is 9.90. The van der Waals surface area contributed by atoms with Gasteiger partial charge in [0.2, 0.25) is 17.8 Å². The van der Waals surface area contributed by atoms with Crippen LogP contribution in [0.15, 0.2) is 70.9 Å². The van der Waals surface area contributed by atoms with Gasteiger partial charge in [0.1, 0.15) is 34.2 Å². The second kappa shape index (κ2) is 26.5. The maximum Gasteiger partial charge on any atom is 0.410 e. The van der Waals surface area contributed by atoms with Gasteiger partial charge in [-0.15, -0.1) is 0 Å². The number of carbonyl (C=O) groups is 3. The Morgan fingerprint density at radius 3 is 2.23 bits per heavy atom. The van der Waals surface area contributed by atoms with Gasteiger partial charge < -0.3 is 39.0 Å². The summed E-state index contributed by atoms with van der Waals surface area (Å²) in [7, 11) is -2.09. The van der Waals surface area contributed by atoms with Gasteiger partial charge in [-0.25, -0.2) is 37.5 Å². The molecule has 23 nitrogen and oxygen atoms in total. The van der Waals surface area contributed by atoms with Crippen LogP contribution in [-0.2, 0) is 49.5 Å². The molecule has 3 amide bonds. The molecule has 25 heteroatoms. The lowest BCUT2D eigenvalue weighted by Gasteiger charge is -2.48. The largest absolute Gasteiger partial charge is 0.492 e. The Kier molecular flexibility index (Phi) is 19.3. The molecule has 0 radical (unpaired) electrons. The quantitative estimate of drug-likeness (QED) is 0.0762. The zero-order valence-electron chi connectivity index (χ0n) is 55.1. The minimum absolute atomic E-state index is 0.0267. The molecule has 490 valence electrons. The monoisotopic (exact) mass is 1270 g/mol. The Bertz CT molecular complexity index is 3820. The number of carbonyl (C=O) groups excluding carboxylic acids is 3. The van der Waals surface area contributed by atoms with E-state index in [9.17, 15) is 32.0 Å². The van der Waals surface area contributed by atoms with Crippen LogP contribution in [0.5, 0.6) is 5.75 Å². The summed E-state index contributed by atoms with van der Waals surface area (Å²) in [6.07, 6.45) is 7.16. The normalized spacial score (nSPS) is 19.5. The fourth-order valence-electron chi connectivity index (χ4n) is 12.8. The van der Waals surface area contributed by atoms with E-state index in [4.69, 9.17) is 19.4 Å². The summed E-state index contributed by atoms with van der Waals surface area (Å²) in [6, 6.07) is 10.2. The average molecular weight is 1270 g/mol. The Hall–Kier alpha value is -7.61. The van der Waals surface area contributed by atoms with Crippen LogP contribution in [0.1, 0.15) is 116 Å². The highest BCUT2D eigenvalue weighted by molar-refractivity contribution is 7.92. The van der Waals surface area contributed by atoms with Crippen molar-refractivity contribution >= 4 is 61.9 Å². The predicted octanol–water partition coefficient (Wildman–Crippen LogP) is 7.19. The minimum Gasteiger partial charge on any atom is -0.492 e. The summed E-state index contributed by atoms with van der Waals surface area (Å²) >= 11 is 0. The van der Waals surface area contributed by atoms with Gasteiger partial charge in [0, 0.05) is 150 Å². The highest BCUT2D eigenvalue weighted by Crippen LogP contribution is 2.41. The van der Waals surface area contributed by atoms with Crippen molar-refractivity contribution in [2.75, 3.05) is 107 Å². The molecular weight excluding hydrogens is 1180 g/mol. The Labute approximate surface area is 533 Å². The van der Waals surface area contributed by atoms with E-state index >= 15 is 0 Å². The molecule has 8 heterocycles. The number of nitrogens with one attached hydrogen (secondary N) is 2. The molecule has 91 heavy (non-hydrogen) atoms. The summed E-state index contributed by atoms with van der Waals surface area (Å²) < 4.78 is 54.6.